The van der Waals surface area contributed by atoms with Crippen LogP contribution in [-0.4, -0.2) is 15.1 Å². The van der Waals surface area contributed by atoms with Crippen molar-refractivity contribution in [1.82, 2.24) is 9.97 Å². The molecule has 0 aliphatic carbocycles. The van der Waals surface area contributed by atoms with Crippen molar-refractivity contribution < 1.29 is 9.84 Å². The highest BCUT2D eigenvalue weighted by Crippen LogP contribution is 2.24. The fourth-order valence-corrected chi connectivity index (χ4v) is 2.81. The van der Waals surface area contributed by atoms with E-state index in [0.29, 0.717) is 6.61 Å². The number of para-hydroxylation sites is 1. The molecule has 4 heteroatoms. The van der Waals surface area contributed by atoms with Crippen LogP contribution in [0, 0.1) is 0 Å². The number of aliphatic hydroxyl groups is 1. The Morgan fingerprint density at radius 3 is 2.36 bits per heavy atom. The quantitative estimate of drug-likeness (QED) is 0.576. The fourth-order valence-electron chi connectivity index (χ4n) is 2.81. The summed E-state index contributed by atoms with van der Waals surface area (Å²) in [5.74, 6) is 1.56. The highest BCUT2D eigenvalue weighted by atomic mass is 16.5. The first-order valence-electron chi connectivity index (χ1n) is 8.19. The molecule has 0 bridgehead atoms. The van der Waals surface area contributed by atoms with Crippen LogP contribution >= 0.6 is 0 Å². The van der Waals surface area contributed by atoms with Gasteiger partial charge in [0.2, 0.25) is 0 Å². The summed E-state index contributed by atoms with van der Waals surface area (Å²) in [6, 6.07) is 25.0. The van der Waals surface area contributed by atoms with Gasteiger partial charge in [-0.25, -0.2) is 4.98 Å². The first-order valence-corrected chi connectivity index (χ1v) is 8.19. The van der Waals surface area contributed by atoms with Crippen molar-refractivity contribution in [3.05, 3.63) is 95.8 Å². The van der Waals surface area contributed by atoms with Gasteiger partial charge in [0.05, 0.1) is 11.0 Å². The molecule has 0 amide bonds. The molecule has 124 valence electrons. The first kappa shape index (κ1) is 15.4. The molecule has 1 aromatic heterocycles. The molecule has 0 aliphatic heterocycles. The average molecular weight is 330 g/mol. The van der Waals surface area contributed by atoms with Gasteiger partial charge in [-0.3, -0.25) is 0 Å². The van der Waals surface area contributed by atoms with Crippen molar-refractivity contribution in [2.24, 2.45) is 0 Å². The van der Waals surface area contributed by atoms with Crippen LogP contribution in [0.4, 0.5) is 0 Å². The molecular weight excluding hydrogens is 312 g/mol. The Bertz CT molecular complexity index is 965. The van der Waals surface area contributed by atoms with Gasteiger partial charge in [-0.15, -0.1) is 0 Å². The van der Waals surface area contributed by atoms with Crippen molar-refractivity contribution in [1.29, 1.82) is 0 Å². The molecule has 0 unspecified atom stereocenters. The number of nitrogens with zero attached hydrogens (tertiary/aromatic N) is 1. The number of hydrogen-bond acceptors (Lipinski definition) is 3. The number of aromatic nitrogens is 2. The van der Waals surface area contributed by atoms with Crippen LogP contribution in [0.2, 0.25) is 0 Å². The maximum atomic E-state index is 10.5. The molecule has 0 spiro atoms. The van der Waals surface area contributed by atoms with Crippen LogP contribution in [0.5, 0.6) is 5.75 Å². The van der Waals surface area contributed by atoms with Crippen LogP contribution < -0.4 is 4.74 Å². The monoisotopic (exact) mass is 330 g/mol. The molecule has 4 nitrogen and oxygen atoms in total. The van der Waals surface area contributed by atoms with Crippen molar-refractivity contribution in [2.45, 2.75) is 12.7 Å². The summed E-state index contributed by atoms with van der Waals surface area (Å²) >= 11 is 0. The number of aliphatic hydroxyl groups excluding tert-OH is 1. The number of fused-ring (bicyclic) bond motifs is 1. The smallest absolute Gasteiger partial charge is 0.146 e. The lowest BCUT2D eigenvalue weighted by molar-refractivity contribution is 0.220. The van der Waals surface area contributed by atoms with Gasteiger partial charge in [-0.2, -0.15) is 0 Å². The lowest BCUT2D eigenvalue weighted by Crippen LogP contribution is -1.99. The zero-order chi connectivity index (χ0) is 17.1. The van der Waals surface area contributed by atoms with Gasteiger partial charge in [0.1, 0.15) is 24.3 Å². The number of nitrogens with one attached hydrogen (secondary N) is 1. The first-order chi connectivity index (χ1) is 12.3. The fraction of sp³-hybridized carbons (Fsp3) is 0.0952. The minimum absolute atomic E-state index is 0.370. The van der Waals surface area contributed by atoms with Gasteiger partial charge in [-0.1, -0.05) is 54.6 Å². The lowest BCUT2D eigenvalue weighted by Gasteiger charge is -2.11. The third-order valence-electron chi connectivity index (χ3n) is 4.11. The summed E-state index contributed by atoms with van der Waals surface area (Å²) in [6.07, 6.45) is -0.661. The Hall–Kier alpha value is -3.11. The van der Waals surface area contributed by atoms with Crippen molar-refractivity contribution in [3.63, 3.8) is 0 Å². The molecule has 1 atom stereocenters. The van der Waals surface area contributed by atoms with E-state index in [1.807, 2.05) is 78.9 Å². The predicted molar refractivity (Wildman–Crippen MR) is 97.4 cm³/mol. The maximum absolute atomic E-state index is 10.5. The highest BCUT2D eigenvalue weighted by Gasteiger charge is 2.12. The van der Waals surface area contributed by atoms with Crippen molar-refractivity contribution in [3.8, 4) is 5.75 Å². The van der Waals surface area contributed by atoms with E-state index in [9.17, 15) is 5.11 Å². The van der Waals surface area contributed by atoms with Gasteiger partial charge in [0, 0.05) is 0 Å². The summed E-state index contributed by atoms with van der Waals surface area (Å²) in [5, 5.41) is 10.5. The van der Waals surface area contributed by atoms with E-state index in [-0.39, 0.29) is 0 Å². The summed E-state index contributed by atoms with van der Waals surface area (Å²) in [6.45, 7) is 0.370. The van der Waals surface area contributed by atoms with Crippen LogP contribution in [0.25, 0.3) is 11.0 Å². The van der Waals surface area contributed by atoms with E-state index in [1.165, 1.54) is 0 Å². The Morgan fingerprint density at radius 2 is 1.60 bits per heavy atom. The summed E-state index contributed by atoms with van der Waals surface area (Å²) in [5.41, 5.74) is 3.43. The van der Waals surface area contributed by atoms with Gasteiger partial charge in [0.15, 0.2) is 0 Å². The number of imidazole rings is 1. The molecule has 4 rings (SSSR count). The molecule has 0 saturated heterocycles. The van der Waals surface area contributed by atoms with Crippen LogP contribution in [0.3, 0.4) is 0 Å². The molecule has 0 saturated carbocycles. The molecule has 4 aromatic rings. The minimum atomic E-state index is -0.661. The van der Waals surface area contributed by atoms with Crippen LogP contribution in [0.1, 0.15) is 23.1 Å². The highest BCUT2D eigenvalue weighted by molar-refractivity contribution is 5.76. The molecule has 3 aromatic carbocycles. The molecule has 2 N–H and O–H groups in total. The van der Waals surface area contributed by atoms with Gasteiger partial charge in [0.25, 0.3) is 0 Å². The number of ether oxygens (including phenoxy) is 1. The molecule has 1 heterocycles. The molecular formula is C21H18N2O2. The van der Waals surface area contributed by atoms with E-state index >= 15 is 0 Å². The number of rotatable bonds is 5. The van der Waals surface area contributed by atoms with E-state index in [2.05, 4.69) is 9.97 Å². The second-order valence-corrected chi connectivity index (χ2v) is 5.88. The maximum Gasteiger partial charge on any atom is 0.146 e. The van der Waals surface area contributed by atoms with Gasteiger partial charge >= 0.3 is 0 Å². The summed E-state index contributed by atoms with van der Waals surface area (Å²) in [7, 11) is 0. The Kier molecular flexibility index (Phi) is 4.19. The normalized spacial score (nSPS) is 12.2. The lowest BCUT2D eigenvalue weighted by atomic mass is 10.0. The van der Waals surface area contributed by atoms with E-state index in [4.69, 9.17) is 4.74 Å². The topological polar surface area (TPSA) is 58.1 Å². The Morgan fingerprint density at radius 1 is 0.880 bits per heavy atom. The predicted octanol–water partition coefficient (Wildman–Crippen LogP) is 4.22. The van der Waals surface area contributed by atoms with Gasteiger partial charge < -0.3 is 14.8 Å². The number of H-pyrrole nitrogens is 1. The molecule has 0 fully saturated rings. The Balaban J connectivity index is 1.55. The molecule has 0 radical (unpaired) electrons. The van der Waals surface area contributed by atoms with E-state index < -0.39 is 6.10 Å². The largest absolute Gasteiger partial charge is 0.486 e. The Labute approximate surface area is 145 Å². The van der Waals surface area contributed by atoms with E-state index in [1.54, 1.807) is 0 Å². The third-order valence-corrected chi connectivity index (χ3v) is 4.11. The van der Waals surface area contributed by atoms with Crippen LogP contribution in [0.15, 0.2) is 78.9 Å². The zero-order valence-corrected chi connectivity index (χ0v) is 13.6. The van der Waals surface area contributed by atoms with E-state index in [0.717, 1.165) is 33.7 Å². The average Bonchev–Trinajstić information content (AvgIpc) is 3.09. The van der Waals surface area contributed by atoms with Gasteiger partial charge in [-0.05, 0) is 35.4 Å². The van der Waals surface area contributed by atoms with Crippen molar-refractivity contribution in [2.75, 3.05) is 0 Å². The second-order valence-electron chi connectivity index (χ2n) is 5.88. The molecule has 0 aliphatic rings. The zero-order valence-electron chi connectivity index (χ0n) is 13.6. The number of benzene rings is 3. The number of aromatic amines is 1. The molecule has 25 heavy (non-hydrogen) atoms. The minimum Gasteiger partial charge on any atom is -0.486 e. The second kappa shape index (κ2) is 6.79. The summed E-state index contributed by atoms with van der Waals surface area (Å²) < 4.78 is 5.73. The van der Waals surface area contributed by atoms with Crippen LogP contribution in [-0.2, 0) is 6.61 Å². The summed E-state index contributed by atoms with van der Waals surface area (Å²) in [4.78, 5) is 7.83. The van der Waals surface area contributed by atoms with Crippen molar-refractivity contribution >= 4 is 11.0 Å². The third kappa shape index (κ3) is 3.39. The number of hydrogen-bond donors (Lipinski definition) is 2. The standard InChI is InChI=1S/C21H18N2O2/c24-21(15-7-3-1-4-8-15)16-11-12-18-19(13-16)23-20(22-18)14-25-17-9-5-2-6-10-17/h1-13,21,24H,14H2,(H,22,23)/t21-/m1/s1. The SMILES string of the molecule is O[C@H](c1ccccc1)c1ccc2[nH]c(COc3ccccc3)nc2c1.